The van der Waals surface area contributed by atoms with Crippen molar-refractivity contribution in [2.45, 2.75) is 13.0 Å². The summed E-state index contributed by atoms with van der Waals surface area (Å²) in [4.78, 5) is 25.4. The maximum Gasteiger partial charge on any atom is 0.254 e. The molecule has 3 aliphatic rings. The van der Waals surface area contributed by atoms with Crippen LogP contribution in [-0.4, -0.2) is 23.0 Å². The fraction of sp³-hybridized carbons (Fsp3) is 0.261. The van der Waals surface area contributed by atoms with Crippen molar-refractivity contribution >= 4 is 57.2 Å². The predicted octanol–water partition coefficient (Wildman–Crippen LogP) is 5.48. The highest BCUT2D eigenvalue weighted by atomic mass is 79.9. The summed E-state index contributed by atoms with van der Waals surface area (Å²) in [6.45, 7) is 0.290. The molecule has 0 aromatic heterocycles. The summed E-state index contributed by atoms with van der Waals surface area (Å²) in [5.41, 5.74) is 1.56. The molecule has 8 heteroatoms. The number of allylic oxidation sites excluding steroid dienone is 2. The Bertz CT molecular complexity index is 1120. The highest BCUT2D eigenvalue weighted by Gasteiger charge is 2.59. The molecule has 4 atom stereocenters. The summed E-state index contributed by atoms with van der Waals surface area (Å²) in [6.07, 6.45) is 6.56. The Balaban J connectivity index is 1.27. The van der Waals surface area contributed by atoms with Gasteiger partial charge in [0, 0.05) is 15.6 Å². The van der Waals surface area contributed by atoms with Gasteiger partial charge in [0.1, 0.15) is 12.4 Å². The first-order chi connectivity index (χ1) is 14.9. The second-order valence-electron chi connectivity index (χ2n) is 7.95. The lowest BCUT2D eigenvalue weighted by atomic mass is 9.85. The zero-order valence-corrected chi connectivity index (χ0v) is 19.3. The smallest absolute Gasteiger partial charge is 0.254 e. The van der Waals surface area contributed by atoms with Crippen LogP contribution in [0, 0.1) is 23.7 Å². The molecule has 5 nitrogen and oxygen atoms in total. The van der Waals surface area contributed by atoms with Crippen molar-refractivity contribution < 1.29 is 14.3 Å². The highest BCUT2D eigenvalue weighted by Crippen LogP contribution is 2.52. The van der Waals surface area contributed by atoms with E-state index in [-0.39, 0.29) is 42.1 Å². The average molecular weight is 520 g/mol. The molecule has 1 saturated carbocycles. The number of amides is 2. The summed E-state index contributed by atoms with van der Waals surface area (Å²) >= 11 is 15.6. The Morgan fingerprint density at radius 2 is 1.77 bits per heavy atom. The Labute approximate surface area is 197 Å². The molecule has 0 spiro atoms. The summed E-state index contributed by atoms with van der Waals surface area (Å²) in [5.74, 6) is 0.0963. The Morgan fingerprint density at radius 3 is 2.42 bits per heavy atom. The standard InChI is InChI=1S/C23H17BrCl2N2O3/c24-17-7-12(1-6-19(17)31-11-15-4-5-16(25)9-18(15)26)10-27-28-22(29)20-13-2-3-14(8-13)21(20)23(28)30/h1-7,9-10,13-14,20-21H,8,11H2/t13-,14-,20-,21+/m0/s1. The van der Waals surface area contributed by atoms with Crippen LogP contribution < -0.4 is 4.74 Å². The molecule has 0 radical (unpaired) electrons. The second kappa shape index (κ2) is 8.08. The lowest BCUT2D eigenvalue weighted by molar-refractivity contribution is -0.140. The summed E-state index contributed by atoms with van der Waals surface area (Å²) in [7, 11) is 0. The van der Waals surface area contributed by atoms with Crippen LogP contribution in [0.1, 0.15) is 17.5 Å². The van der Waals surface area contributed by atoms with Gasteiger partial charge in [0.05, 0.1) is 22.5 Å². The molecule has 1 heterocycles. The Kier molecular flexibility index (Phi) is 5.40. The van der Waals surface area contributed by atoms with Crippen LogP contribution >= 0.6 is 39.1 Å². The third kappa shape index (κ3) is 3.71. The monoisotopic (exact) mass is 518 g/mol. The first kappa shape index (κ1) is 20.7. The van der Waals surface area contributed by atoms with Crippen molar-refractivity contribution in [2.75, 3.05) is 0 Å². The molecule has 1 saturated heterocycles. The van der Waals surface area contributed by atoms with E-state index in [1.807, 2.05) is 18.2 Å². The van der Waals surface area contributed by atoms with Crippen LogP contribution in [0.3, 0.4) is 0 Å². The van der Waals surface area contributed by atoms with Gasteiger partial charge in [0.15, 0.2) is 0 Å². The summed E-state index contributed by atoms with van der Waals surface area (Å²) in [5, 5.41) is 6.37. The van der Waals surface area contributed by atoms with E-state index in [0.717, 1.165) is 27.0 Å². The zero-order chi connectivity index (χ0) is 21.7. The molecular formula is C23H17BrCl2N2O3. The molecule has 0 unspecified atom stereocenters. The molecule has 2 bridgehead atoms. The molecule has 31 heavy (non-hydrogen) atoms. The normalized spacial score (nSPS) is 26.4. The maximum absolute atomic E-state index is 12.7. The molecule has 2 amide bonds. The molecule has 2 fully saturated rings. The van der Waals surface area contributed by atoms with Crippen molar-refractivity contribution in [3.05, 3.63) is 74.2 Å². The predicted molar refractivity (Wildman–Crippen MR) is 122 cm³/mol. The minimum Gasteiger partial charge on any atom is -0.488 e. The van der Waals surface area contributed by atoms with Crippen molar-refractivity contribution in [3.8, 4) is 5.75 Å². The fourth-order valence-electron chi connectivity index (χ4n) is 4.63. The number of fused-ring (bicyclic) bond motifs is 5. The van der Waals surface area contributed by atoms with Gasteiger partial charge >= 0.3 is 0 Å². The maximum atomic E-state index is 12.7. The number of hydrogen-bond acceptors (Lipinski definition) is 4. The van der Waals surface area contributed by atoms with E-state index >= 15 is 0 Å². The molecule has 5 rings (SSSR count). The van der Waals surface area contributed by atoms with E-state index in [1.165, 1.54) is 6.21 Å². The van der Waals surface area contributed by atoms with Gasteiger partial charge in [-0.1, -0.05) is 41.4 Å². The Hall–Kier alpha value is -2.15. The van der Waals surface area contributed by atoms with Gasteiger partial charge in [-0.15, -0.1) is 0 Å². The van der Waals surface area contributed by atoms with Crippen LogP contribution in [-0.2, 0) is 16.2 Å². The van der Waals surface area contributed by atoms with Crippen LogP contribution in [0.15, 0.2) is 58.1 Å². The summed E-state index contributed by atoms with van der Waals surface area (Å²) < 4.78 is 6.57. The largest absolute Gasteiger partial charge is 0.488 e. The van der Waals surface area contributed by atoms with E-state index in [0.29, 0.717) is 15.8 Å². The second-order valence-corrected chi connectivity index (χ2v) is 9.64. The minimum absolute atomic E-state index is 0.173. The molecule has 158 valence electrons. The lowest BCUT2D eigenvalue weighted by Gasteiger charge is -2.13. The van der Waals surface area contributed by atoms with E-state index < -0.39 is 0 Å². The number of ether oxygens (including phenoxy) is 1. The van der Waals surface area contributed by atoms with E-state index in [2.05, 4.69) is 33.2 Å². The number of nitrogens with zero attached hydrogens (tertiary/aromatic N) is 2. The number of carbonyl (C=O) groups is 2. The number of imide groups is 1. The van der Waals surface area contributed by atoms with Crippen LogP contribution in [0.5, 0.6) is 5.75 Å². The van der Waals surface area contributed by atoms with Crippen molar-refractivity contribution in [2.24, 2.45) is 28.8 Å². The Morgan fingerprint density at radius 1 is 1.06 bits per heavy atom. The fourth-order valence-corrected chi connectivity index (χ4v) is 5.61. The summed E-state index contributed by atoms with van der Waals surface area (Å²) in [6, 6.07) is 10.7. The SMILES string of the molecule is O=C1[C@@H]2[C@H](C(=O)N1N=Cc1ccc(OCc3ccc(Cl)cc3Cl)c(Br)c1)[C@H]1C=C[C@H]2C1. The van der Waals surface area contributed by atoms with Gasteiger partial charge in [-0.25, -0.2) is 0 Å². The van der Waals surface area contributed by atoms with Gasteiger partial charge in [-0.2, -0.15) is 10.1 Å². The molecule has 0 N–H and O–H groups in total. The van der Waals surface area contributed by atoms with Crippen molar-refractivity contribution in [1.29, 1.82) is 0 Å². The van der Waals surface area contributed by atoms with Gasteiger partial charge < -0.3 is 4.74 Å². The zero-order valence-electron chi connectivity index (χ0n) is 16.2. The highest BCUT2D eigenvalue weighted by molar-refractivity contribution is 9.10. The van der Waals surface area contributed by atoms with Crippen molar-refractivity contribution in [3.63, 3.8) is 0 Å². The van der Waals surface area contributed by atoms with Crippen LogP contribution in [0.2, 0.25) is 10.0 Å². The van der Waals surface area contributed by atoms with E-state index in [4.69, 9.17) is 27.9 Å². The number of hydrazone groups is 1. The average Bonchev–Trinajstić information content (AvgIpc) is 3.41. The number of halogens is 3. The first-order valence-electron chi connectivity index (χ1n) is 9.89. The number of carbonyl (C=O) groups excluding carboxylic acids is 2. The number of hydrogen-bond donors (Lipinski definition) is 0. The molecule has 2 aromatic rings. The molecule has 2 aromatic carbocycles. The van der Waals surface area contributed by atoms with Gasteiger partial charge in [-0.05, 0) is 70.1 Å². The lowest BCUT2D eigenvalue weighted by Crippen LogP contribution is -2.28. The molecular weight excluding hydrogens is 503 g/mol. The third-order valence-corrected chi connectivity index (χ3v) is 7.33. The van der Waals surface area contributed by atoms with E-state index in [9.17, 15) is 9.59 Å². The number of rotatable bonds is 5. The minimum atomic E-state index is -0.248. The van der Waals surface area contributed by atoms with Gasteiger partial charge in [0.2, 0.25) is 0 Å². The third-order valence-electron chi connectivity index (χ3n) is 6.12. The van der Waals surface area contributed by atoms with E-state index in [1.54, 1.807) is 18.2 Å². The quantitative estimate of drug-likeness (QED) is 0.298. The first-order valence-corrected chi connectivity index (χ1v) is 11.4. The van der Waals surface area contributed by atoms with Crippen LogP contribution in [0.4, 0.5) is 0 Å². The number of benzene rings is 2. The topological polar surface area (TPSA) is 59.0 Å². The molecule has 1 aliphatic heterocycles. The van der Waals surface area contributed by atoms with Crippen LogP contribution in [0.25, 0.3) is 0 Å². The molecule has 2 aliphatic carbocycles. The van der Waals surface area contributed by atoms with Gasteiger partial charge in [-0.3, -0.25) is 9.59 Å². The van der Waals surface area contributed by atoms with Crippen molar-refractivity contribution in [1.82, 2.24) is 5.01 Å². The van der Waals surface area contributed by atoms with Gasteiger partial charge in [0.25, 0.3) is 11.8 Å².